The van der Waals surface area contributed by atoms with Crippen molar-refractivity contribution in [2.75, 3.05) is 19.6 Å². The van der Waals surface area contributed by atoms with Crippen molar-refractivity contribution >= 4 is 5.91 Å². The molecule has 5 nitrogen and oxygen atoms in total. The van der Waals surface area contributed by atoms with Gasteiger partial charge in [0.15, 0.2) is 0 Å². The predicted molar refractivity (Wildman–Crippen MR) is 79.2 cm³/mol. The minimum absolute atomic E-state index is 0.184. The lowest BCUT2D eigenvalue weighted by molar-refractivity contribution is -0.122. The molecule has 1 aliphatic heterocycles. The van der Waals surface area contributed by atoms with Gasteiger partial charge in [0, 0.05) is 31.9 Å². The second kappa shape index (κ2) is 8.04. The molecule has 2 unspecified atom stereocenters. The normalized spacial score (nSPS) is 20.6. The second-order valence-electron chi connectivity index (χ2n) is 5.76. The van der Waals surface area contributed by atoms with Gasteiger partial charge >= 0.3 is 0 Å². The van der Waals surface area contributed by atoms with Gasteiger partial charge in [-0.2, -0.15) is 5.10 Å². The van der Waals surface area contributed by atoms with Crippen molar-refractivity contribution in [2.45, 2.75) is 39.2 Å². The number of rotatable bonds is 7. The Morgan fingerprint density at radius 2 is 2.50 bits per heavy atom. The van der Waals surface area contributed by atoms with Gasteiger partial charge in [-0.1, -0.05) is 6.92 Å². The lowest BCUT2D eigenvalue weighted by atomic mass is 9.85. The topological polar surface area (TPSA) is 59.0 Å². The van der Waals surface area contributed by atoms with Crippen LogP contribution in [0.5, 0.6) is 0 Å². The first-order chi connectivity index (χ1) is 9.75. The molecule has 1 aromatic rings. The molecule has 112 valence electrons. The van der Waals surface area contributed by atoms with Crippen molar-refractivity contribution in [3.05, 3.63) is 18.5 Å². The summed E-state index contributed by atoms with van der Waals surface area (Å²) in [6.07, 6.45) is 7.78. The molecule has 1 saturated heterocycles. The molecule has 5 heteroatoms. The highest BCUT2D eigenvalue weighted by Gasteiger charge is 2.21. The van der Waals surface area contributed by atoms with Crippen molar-refractivity contribution in [1.82, 2.24) is 20.4 Å². The molecule has 1 aromatic heterocycles. The van der Waals surface area contributed by atoms with Crippen LogP contribution in [-0.2, 0) is 11.3 Å². The molecule has 2 atom stereocenters. The molecular weight excluding hydrogens is 252 g/mol. The van der Waals surface area contributed by atoms with E-state index in [1.165, 1.54) is 12.8 Å². The summed E-state index contributed by atoms with van der Waals surface area (Å²) in [5.41, 5.74) is 0. The maximum Gasteiger partial charge on any atom is 0.220 e. The third-order valence-electron chi connectivity index (χ3n) is 4.09. The van der Waals surface area contributed by atoms with Gasteiger partial charge < -0.3 is 10.6 Å². The number of amides is 1. The van der Waals surface area contributed by atoms with Crippen LogP contribution in [0.2, 0.25) is 0 Å². The fourth-order valence-corrected chi connectivity index (χ4v) is 2.80. The summed E-state index contributed by atoms with van der Waals surface area (Å²) in [5, 5.41) is 10.6. The smallest absolute Gasteiger partial charge is 0.220 e. The quantitative estimate of drug-likeness (QED) is 0.742. The zero-order valence-corrected chi connectivity index (χ0v) is 12.3. The first-order valence-electron chi connectivity index (χ1n) is 7.70. The number of nitrogens with one attached hydrogen (secondary N) is 2. The van der Waals surface area contributed by atoms with E-state index in [-0.39, 0.29) is 5.91 Å². The molecule has 0 spiro atoms. The Bertz CT molecular complexity index is 385. The Balaban J connectivity index is 1.57. The van der Waals surface area contributed by atoms with E-state index in [9.17, 15) is 4.79 Å². The lowest BCUT2D eigenvalue weighted by Gasteiger charge is -2.28. The van der Waals surface area contributed by atoms with E-state index in [1.807, 2.05) is 16.9 Å². The van der Waals surface area contributed by atoms with Crippen LogP contribution in [0.3, 0.4) is 0 Å². The average molecular weight is 278 g/mol. The molecule has 1 amide bonds. The zero-order chi connectivity index (χ0) is 14.2. The molecule has 1 fully saturated rings. The predicted octanol–water partition coefficient (Wildman–Crippen LogP) is 1.42. The summed E-state index contributed by atoms with van der Waals surface area (Å²) in [6, 6.07) is 1.92. The van der Waals surface area contributed by atoms with Crippen molar-refractivity contribution in [2.24, 2.45) is 11.8 Å². The first-order valence-corrected chi connectivity index (χ1v) is 7.70. The highest BCUT2D eigenvalue weighted by Crippen LogP contribution is 2.22. The fraction of sp³-hybridized carbons (Fsp3) is 0.733. The number of piperidine rings is 1. The largest absolute Gasteiger partial charge is 0.356 e. The summed E-state index contributed by atoms with van der Waals surface area (Å²) < 4.78 is 1.89. The number of hydrogen-bond donors (Lipinski definition) is 2. The summed E-state index contributed by atoms with van der Waals surface area (Å²) in [4.78, 5) is 11.9. The van der Waals surface area contributed by atoms with Crippen LogP contribution in [-0.4, -0.2) is 35.3 Å². The van der Waals surface area contributed by atoms with E-state index >= 15 is 0 Å². The molecule has 0 aliphatic carbocycles. The van der Waals surface area contributed by atoms with E-state index in [1.54, 1.807) is 6.20 Å². The third kappa shape index (κ3) is 4.96. The summed E-state index contributed by atoms with van der Waals surface area (Å²) >= 11 is 0. The fourth-order valence-electron chi connectivity index (χ4n) is 2.80. The van der Waals surface area contributed by atoms with Crippen LogP contribution in [0, 0.1) is 11.8 Å². The Morgan fingerprint density at radius 3 is 3.20 bits per heavy atom. The van der Waals surface area contributed by atoms with E-state index in [2.05, 4.69) is 22.7 Å². The van der Waals surface area contributed by atoms with Gasteiger partial charge in [-0.25, -0.2) is 0 Å². The molecule has 0 bridgehead atoms. The van der Waals surface area contributed by atoms with Gasteiger partial charge in [-0.05, 0) is 50.3 Å². The van der Waals surface area contributed by atoms with Crippen molar-refractivity contribution in [3.63, 3.8) is 0 Å². The Labute approximate surface area is 121 Å². The van der Waals surface area contributed by atoms with E-state index in [0.717, 1.165) is 32.6 Å². The number of hydrogen-bond acceptors (Lipinski definition) is 3. The first kappa shape index (κ1) is 15.0. The van der Waals surface area contributed by atoms with Crippen molar-refractivity contribution in [3.8, 4) is 0 Å². The minimum atomic E-state index is 0.184. The molecule has 2 N–H and O–H groups in total. The molecule has 1 aliphatic rings. The third-order valence-corrected chi connectivity index (χ3v) is 4.09. The van der Waals surface area contributed by atoms with Crippen molar-refractivity contribution < 1.29 is 4.79 Å². The standard InChI is InChI=1S/C15H26N4O/c1-13(14-5-2-6-16-12-14)11-15(20)17-7-3-9-19-10-4-8-18-19/h4,8,10,13-14,16H,2-3,5-7,9,11-12H2,1H3,(H,17,20). The van der Waals surface area contributed by atoms with Gasteiger partial charge in [-0.15, -0.1) is 0 Å². The van der Waals surface area contributed by atoms with Crippen LogP contribution >= 0.6 is 0 Å². The van der Waals surface area contributed by atoms with Crippen LogP contribution in [0.4, 0.5) is 0 Å². The average Bonchev–Trinajstić information content (AvgIpc) is 2.98. The highest BCUT2D eigenvalue weighted by atomic mass is 16.1. The summed E-state index contributed by atoms with van der Waals surface area (Å²) in [6.45, 7) is 5.97. The number of carbonyl (C=O) groups is 1. The van der Waals surface area contributed by atoms with E-state index in [0.29, 0.717) is 18.3 Å². The molecule has 2 rings (SSSR count). The summed E-state index contributed by atoms with van der Waals surface area (Å²) in [7, 11) is 0. The second-order valence-corrected chi connectivity index (χ2v) is 5.76. The molecule has 0 saturated carbocycles. The minimum Gasteiger partial charge on any atom is -0.356 e. The molecule has 0 aromatic carbocycles. The Morgan fingerprint density at radius 1 is 1.60 bits per heavy atom. The number of aromatic nitrogens is 2. The molecular formula is C15H26N4O. The van der Waals surface area contributed by atoms with Crippen LogP contribution in [0.1, 0.15) is 32.6 Å². The molecule has 2 heterocycles. The van der Waals surface area contributed by atoms with Gasteiger partial charge in [0.25, 0.3) is 0 Å². The maximum absolute atomic E-state index is 11.9. The number of nitrogens with zero attached hydrogens (tertiary/aromatic N) is 2. The Hall–Kier alpha value is -1.36. The zero-order valence-electron chi connectivity index (χ0n) is 12.3. The number of aryl methyl sites for hydroxylation is 1. The molecule has 0 radical (unpaired) electrons. The van der Waals surface area contributed by atoms with Gasteiger partial charge in [-0.3, -0.25) is 9.48 Å². The molecule has 20 heavy (non-hydrogen) atoms. The SMILES string of the molecule is CC(CC(=O)NCCCn1cccn1)C1CCCNC1. The number of carbonyl (C=O) groups excluding carboxylic acids is 1. The van der Waals surface area contributed by atoms with Gasteiger partial charge in [0.1, 0.15) is 0 Å². The van der Waals surface area contributed by atoms with Crippen LogP contribution in [0.25, 0.3) is 0 Å². The van der Waals surface area contributed by atoms with E-state index < -0.39 is 0 Å². The Kier molecular flexibility index (Phi) is 6.05. The van der Waals surface area contributed by atoms with Gasteiger partial charge in [0.2, 0.25) is 5.91 Å². The van der Waals surface area contributed by atoms with E-state index in [4.69, 9.17) is 0 Å². The van der Waals surface area contributed by atoms with Crippen molar-refractivity contribution in [1.29, 1.82) is 0 Å². The van der Waals surface area contributed by atoms with Crippen LogP contribution in [0.15, 0.2) is 18.5 Å². The monoisotopic (exact) mass is 278 g/mol. The maximum atomic E-state index is 11.9. The van der Waals surface area contributed by atoms with Gasteiger partial charge in [0.05, 0.1) is 0 Å². The van der Waals surface area contributed by atoms with Crippen LogP contribution < -0.4 is 10.6 Å². The summed E-state index contributed by atoms with van der Waals surface area (Å²) in [5.74, 6) is 1.30. The lowest BCUT2D eigenvalue weighted by Crippen LogP contribution is -2.35. The highest BCUT2D eigenvalue weighted by molar-refractivity contribution is 5.76.